The van der Waals surface area contributed by atoms with Crippen molar-refractivity contribution < 1.29 is 19.4 Å². The third-order valence-corrected chi connectivity index (χ3v) is 4.44. The van der Waals surface area contributed by atoms with Crippen molar-refractivity contribution in [2.75, 3.05) is 6.61 Å². The zero-order valence-electron chi connectivity index (χ0n) is 14.1. The molecule has 0 unspecified atom stereocenters. The van der Waals surface area contributed by atoms with E-state index in [-0.39, 0.29) is 18.4 Å². The summed E-state index contributed by atoms with van der Waals surface area (Å²) in [6.07, 6.45) is 0.887. The monoisotopic (exact) mass is 339 g/mol. The summed E-state index contributed by atoms with van der Waals surface area (Å²) in [4.78, 5) is 22.9. The van der Waals surface area contributed by atoms with Crippen molar-refractivity contribution in [1.82, 2.24) is 5.32 Å². The van der Waals surface area contributed by atoms with Gasteiger partial charge in [0.1, 0.15) is 5.75 Å². The lowest BCUT2D eigenvalue weighted by Gasteiger charge is -2.08. The molecule has 1 amide bonds. The molecule has 0 aliphatic heterocycles. The fourth-order valence-electron chi connectivity index (χ4n) is 3.04. The van der Waals surface area contributed by atoms with Crippen LogP contribution in [-0.2, 0) is 16.1 Å². The predicted octanol–water partition coefficient (Wildman–Crippen LogP) is 2.88. The third-order valence-electron chi connectivity index (χ3n) is 4.44. The van der Waals surface area contributed by atoms with E-state index in [2.05, 4.69) is 24.4 Å². The Kier molecular flexibility index (Phi) is 5.03. The first-order valence-electron chi connectivity index (χ1n) is 8.31. The molecule has 0 aromatic heterocycles. The Bertz CT molecular complexity index is 787. The van der Waals surface area contributed by atoms with Crippen LogP contribution in [0, 0.1) is 12.8 Å². The van der Waals surface area contributed by atoms with Gasteiger partial charge in [-0.3, -0.25) is 4.79 Å². The number of nitrogens with one attached hydrogen (secondary N) is 1. The van der Waals surface area contributed by atoms with Gasteiger partial charge in [-0.1, -0.05) is 36.4 Å². The van der Waals surface area contributed by atoms with Gasteiger partial charge in [-0.2, -0.15) is 0 Å². The molecule has 1 aliphatic rings. The number of aliphatic carboxylic acids is 1. The molecule has 1 aliphatic carbocycles. The lowest BCUT2D eigenvalue weighted by molar-refractivity contribution is -0.139. The van der Waals surface area contributed by atoms with Gasteiger partial charge in [-0.25, -0.2) is 4.79 Å². The molecule has 0 bridgehead atoms. The lowest BCUT2D eigenvalue weighted by atomic mass is 10.0. The standard InChI is InChI=1S/C20H21NO4/c1-13-5-2-3-8-16(13)17-10-18(17)20(24)21-11-14-6-4-7-15(9-14)25-12-19(22)23/h2-9,17-18H,10-12H2,1H3,(H,21,24)(H,22,23)/t17-,18+/m1/s1. The van der Waals surface area contributed by atoms with Crippen LogP contribution in [0.5, 0.6) is 5.75 Å². The Labute approximate surface area is 146 Å². The zero-order chi connectivity index (χ0) is 17.8. The minimum atomic E-state index is -1.02. The number of carboxylic acids is 1. The second-order valence-corrected chi connectivity index (χ2v) is 6.35. The van der Waals surface area contributed by atoms with Crippen molar-refractivity contribution in [3.8, 4) is 5.75 Å². The molecule has 5 nitrogen and oxygen atoms in total. The fraction of sp³-hybridized carbons (Fsp3) is 0.300. The van der Waals surface area contributed by atoms with Gasteiger partial charge in [0.15, 0.2) is 6.61 Å². The number of ether oxygens (including phenoxy) is 1. The number of carbonyl (C=O) groups excluding carboxylic acids is 1. The van der Waals surface area contributed by atoms with Gasteiger partial charge in [0.2, 0.25) is 5.91 Å². The van der Waals surface area contributed by atoms with E-state index in [0.717, 1.165) is 12.0 Å². The second-order valence-electron chi connectivity index (χ2n) is 6.35. The van der Waals surface area contributed by atoms with Crippen molar-refractivity contribution in [3.05, 3.63) is 65.2 Å². The van der Waals surface area contributed by atoms with E-state index in [4.69, 9.17) is 9.84 Å². The van der Waals surface area contributed by atoms with Gasteiger partial charge in [0, 0.05) is 12.5 Å². The summed E-state index contributed by atoms with van der Waals surface area (Å²) in [6.45, 7) is 2.10. The first kappa shape index (κ1) is 17.0. The molecule has 0 saturated heterocycles. The molecule has 2 atom stereocenters. The maximum Gasteiger partial charge on any atom is 0.341 e. The smallest absolute Gasteiger partial charge is 0.341 e. The molecule has 2 aromatic carbocycles. The van der Waals surface area contributed by atoms with Gasteiger partial charge in [0.25, 0.3) is 0 Å². The van der Waals surface area contributed by atoms with E-state index >= 15 is 0 Å². The number of rotatable bonds is 7. The molecular formula is C20H21NO4. The molecule has 2 aromatic rings. The molecule has 5 heteroatoms. The molecular weight excluding hydrogens is 318 g/mol. The summed E-state index contributed by atoms with van der Waals surface area (Å²) in [5, 5.41) is 11.6. The summed E-state index contributed by atoms with van der Waals surface area (Å²) < 4.78 is 5.15. The molecule has 25 heavy (non-hydrogen) atoms. The normalized spacial score (nSPS) is 18.4. The van der Waals surface area contributed by atoms with Crippen molar-refractivity contribution >= 4 is 11.9 Å². The lowest BCUT2D eigenvalue weighted by Crippen LogP contribution is -2.25. The molecule has 1 saturated carbocycles. The summed E-state index contributed by atoms with van der Waals surface area (Å²) in [5.74, 6) is -0.128. The Balaban J connectivity index is 1.53. The van der Waals surface area contributed by atoms with Crippen LogP contribution in [0.15, 0.2) is 48.5 Å². The van der Waals surface area contributed by atoms with Crippen LogP contribution in [0.2, 0.25) is 0 Å². The molecule has 3 rings (SSSR count). The fourth-order valence-corrected chi connectivity index (χ4v) is 3.04. The van der Waals surface area contributed by atoms with E-state index in [1.807, 2.05) is 18.2 Å². The Morgan fingerprint density at radius 2 is 2.00 bits per heavy atom. The van der Waals surface area contributed by atoms with Gasteiger partial charge in [-0.15, -0.1) is 0 Å². The minimum Gasteiger partial charge on any atom is -0.482 e. The average molecular weight is 339 g/mol. The number of amides is 1. The number of hydrogen-bond donors (Lipinski definition) is 2. The highest BCUT2D eigenvalue weighted by Crippen LogP contribution is 2.48. The summed E-state index contributed by atoms with van der Waals surface area (Å²) >= 11 is 0. The molecule has 0 heterocycles. The average Bonchev–Trinajstić information content (AvgIpc) is 3.39. The van der Waals surface area contributed by atoms with Crippen LogP contribution in [0.1, 0.15) is 29.0 Å². The Morgan fingerprint density at radius 3 is 2.76 bits per heavy atom. The highest BCUT2D eigenvalue weighted by Gasteiger charge is 2.44. The van der Waals surface area contributed by atoms with Crippen LogP contribution in [0.3, 0.4) is 0 Å². The van der Waals surface area contributed by atoms with Crippen LogP contribution >= 0.6 is 0 Å². The van der Waals surface area contributed by atoms with E-state index in [1.54, 1.807) is 18.2 Å². The molecule has 2 N–H and O–H groups in total. The molecule has 130 valence electrons. The van der Waals surface area contributed by atoms with Gasteiger partial charge < -0.3 is 15.2 Å². The summed E-state index contributed by atoms with van der Waals surface area (Å²) in [7, 11) is 0. The van der Waals surface area contributed by atoms with E-state index in [0.29, 0.717) is 18.2 Å². The highest BCUT2D eigenvalue weighted by molar-refractivity contribution is 5.83. The number of carboxylic acid groups (broad SMARTS) is 1. The first-order chi connectivity index (χ1) is 12.0. The molecule has 0 spiro atoms. The van der Waals surface area contributed by atoms with E-state index in [1.165, 1.54) is 11.1 Å². The maximum absolute atomic E-state index is 12.4. The zero-order valence-corrected chi connectivity index (χ0v) is 14.1. The maximum atomic E-state index is 12.4. The molecule has 0 radical (unpaired) electrons. The quantitative estimate of drug-likeness (QED) is 0.813. The SMILES string of the molecule is Cc1ccccc1[C@H]1C[C@@H]1C(=O)NCc1cccc(OCC(=O)O)c1. The van der Waals surface area contributed by atoms with E-state index in [9.17, 15) is 9.59 Å². The predicted molar refractivity (Wildman–Crippen MR) is 93.4 cm³/mol. The van der Waals surface area contributed by atoms with Crippen molar-refractivity contribution in [2.45, 2.75) is 25.8 Å². The first-order valence-corrected chi connectivity index (χ1v) is 8.31. The van der Waals surface area contributed by atoms with Crippen LogP contribution in [0.4, 0.5) is 0 Å². The second kappa shape index (κ2) is 7.38. The number of benzene rings is 2. The number of carbonyl (C=O) groups is 2. The summed E-state index contributed by atoms with van der Waals surface area (Å²) in [6, 6.07) is 15.3. The number of hydrogen-bond acceptors (Lipinski definition) is 3. The highest BCUT2D eigenvalue weighted by atomic mass is 16.5. The van der Waals surface area contributed by atoms with Crippen molar-refractivity contribution in [3.63, 3.8) is 0 Å². The van der Waals surface area contributed by atoms with Gasteiger partial charge >= 0.3 is 5.97 Å². The van der Waals surface area contributed by atoms with E-state index < -0.39 is 5.97 Å². The minimum absolute atomic E-state index is 0.0348. The van der Waals surface area contributed by atoms with Crippen LogP contribution < -0.4 is 10.1 Å². The van der Waals surface area contributed by atoms with Crippen molar-refractivity contribution in [2.24, 2.45) is 5.92 Å². The topological polar surface area (TPSA) is 75.6 Å². The Hall–Kier alpha value is -2.82. The Morgan fingerprint density at radius 1 is 1.20 bits per heavy atom. The largest absolute Gasteiger partial charge is 0.482 e. The van der Waals surface area contributed by atoms with Crippen LogP contribution in [-0.4, -0.2) is 23.6 Å². The summed E-state index contributed by atoms with van der Waals surface area (Å²) in [5.41, 5.74) is 3.36. The van der Waals surface area contributed by atoms with Crippen LogP contribution in [0.25, 0.3) is 0 Å². The third kappa shape index (κ3) is 4.38. The van der Waals surface area contributed by atoms with Gasteiger partial charge in [0.05, 0.1) is 0 Å². The number of aryl methyl sites for hydroxylation is 1. The van der Waals surface area contributed by atoms with Gasteiger partial charge in [-0.05, 0) is 48.1 Å². The van der Waals surface area contributed by atoms with Crippen molar-refractivity contribution in [1.29, 1.82) is 0 Å². The molecule has 1 fully saturated rings.